The molecule has 3 rings (SSSR count). The molecule has 1 aromatic rings. The average Bonchev–Trinajstić information content (AvgIpc) is 2.51. The fourth-order valence-electron chi connectivity index (χ4n) is 3.18. The minimum atomic E-state index is -0.128. The van der Waals surface area contributed by atoms with E-state index >= 15 is 0 Å². The Balaban J connectivity index is 1.94. The lowest BCUT2D eigenvalue weighted by Gasteiger charge is -2.38. The number of nitrogens with one attached hydrogen (secondary N) is 2. The Morgan fingerprint density at radius 1 is 1.06 bits per heavy atom. The van der Waals surface area contributed by atoms with Crippen LogP contribution in [0, 0.1) is 9.39 Å². The topological polar surface area (TPSA) is 24.1 Å². The number of halogens is 2. The van der Waals surface area contributed by atoms with Crippen molar-refractivity contribution in [2.45, 2.75) is 44.1 Å². The number of rotatable bonds is 0. The molecule has 2 nitrogen and oxygen atoms in total. The van der Waals surface area contributed by atoms with E-state index in [1.165, 1.54) is 32.1 Å². The van der Waals surface area contributed by atoms with Crippen molar-refractivity contribution in [3.05, 3.63) is 21.5 Å². The molecule has 2 N–H and O–H groups in total. The highest BCUT2D eigenvalue weighted by atomic mass is 127. The van der Waals surface area contributed by atoms with E-state index in [0.717, 1.165) is 24.3 Å². The predicted molar refractivity (Wildman–Crippen MR) is 81.7 cm³/mol. The quantitative estimate of drug-likeness (QED) is 0.672. The van der Waals surface area contributed by atoms with Gasteiger partial charge in [0.25, 0.3) is 0 Å². The predicted octanol–water partition coefficient (Wildman–Crippen LogP) is 4.36. The number of hydrogen-bond donors (Lipinski definition) is 2. The second-order valence-corrected chi connectivity index (χ2v) is 6.62. The molecule has 1 saturated carbocycles. The van der Waals surface area contributed by atoms with Crippen LogP contribution in [0.25, 0.3) is 0 Å². The van der Waals surface area contributed by atoms with Crippen LogP contribution in [-0.4, -0.2) is 12.1 Å². The third-order valence-corrected chi connectivity index (χ3v) is 5.02. The van der Waals surface area contributed by atoms with Gasteiger partial charge in [0.1, 0.15) is 5.82 Å². The largest absolute Gasteiger partial charge is 0.383 e. The van der Waals surface area contributed by atoms with E-state index in [4.69, 9.17) is 0 Å². The van der Waals surface area contributed by atoms with Crippen LogP contribution in [-0.2, 0) is 0 Å². The van der Waals surface area contributed by atoms with E-state index in [0.29, 0.717) is 3.57 Å². The lowest BCUT2D eigenvalue weighted by molar-refractivity contribution is 0.313. The maximum Gasteiger partial charge on any atom is 0.138 e. The van der Waals surface area contributed by atoms with E-state index in [1.807, 2.05) is 28.7 Å². The molecular weight excluding hydrogens is 342 g/mol. The van der Waals surface area contributed by atoms with E-state index < -0.39 is 0 Å². The van der Waals surface area contributed by atoms with Crippen molar-refractivity contribution in [1.82, 2.24) is 0 Å². The van der Waals surface area contributed by atoms with E-state index in [-0.39, 0.29) is 11.4 Å². The van der Waals surface area contributed by atoms with Crippen molar-refractivity contribution in [2.75, 3.05) is 17.2 Å². The molecule has 4 heteroatoms. The number of benzene rings is 1. The van der Waals surface area contributed by atoms with E-state index in [9.17, 15) is 4.39 Å². The maximum absolute atomic E-state index is 13.7. The zero-order valence-electron chi connectivity index (χ0n) is 10.4. The summed E-state index contributed by atoms with van der Waals surface area (Å²) in [4.78, 5) is 0. The molecule has 1 aliphatic carbocycles. The maximum atomic E-state index is 13.7. The van der Waals surface area contributed by atoms with Gasteiger partial charge in [-0.25, -0.2) is 4.39 Å². The molecule has 1 spiro atoms. The monoisotopic (exact) mass is 360 g/mol. The standard InChI is InChI=1S/C14H18FIN2/c15-10-8-13-12(9-11(10)16)17-7-6-14(18-13)4-2-1-3-5-14/h8-9,17-18H,1-7H2. The van der Waals surface area contributed by atoms with Gasteiger partial charge in [0, 0.05) is 18.2 Å². The van der Waals surface area contributed by atoms with Gasteiger partial charge < -0.3 is 10.6 Å². The van der Waals surface area contributed by atoms with E-state index in [2.05, 4.69) is 10.6 Å². The van der Waals surface area contributed by atoms with Gasteiger partial charge in [-0.3, -0.25) is 0 Å². The van der Waals surface area contributed by atoms with Crippen molar-refractivity contribution in [3.63, 3.8) is 0 Å². The molecule has 2 aliphatic rings. The zero-order chi connectivity index (χ0) is 12.6. The van der Waals surface area contributed by atoms with Crippen LogP contribution in [0.5, 0.6) is 0 Å². The first-order valence-corrected chi connectivity index (χ1v) is 7.78. The normalized spacial score (nSPS) is 21.7. The van der Waals surface area contributed by atoms with E-state index in [1.54, 1.807) is 6.07 Å². The summed E-state index contributed by atoms with van der Waals surface area (Å²) in [5.74, 6) is -0.128. The molecule has 1 heterocycles. The van der Waals surface area contributed by atoms with Crippen molar-refractivity contribution in [3.8, 4) is 0 Å². The second kappa shape index (κ2) is 4.87. The third kappa shape index (κ3) is 2.31. The summed E-state index contributed by atoms with van der Waals surface area (Å²) in [6.07, 6.45) is 7.46. The summed E-state index contributed by atoms with van der Waals surface area (Å²) in [7, 11) is 0. The van der Waals surface area contributed by atoms with Crippen LogP contribution >= 0.6 is 22.6 Å². The lowest BCUT2D eigenvalue weighted by Crippen LogP contribution is -2.40. The number of anilines is 2. The van der Waals surface area contributed by atoms with Gasteiger partial charge in [0.05, 0.1) is 14.9 Å². The highest BCUT2D eigenvalue weighted by Crippen LogP contribution is 2.39. The third-order valence-electron chi connectivity index (χ3n) is 4.19. The molecule has 0 atom stereocenters. The van der Waals surface area contributed by atoms with Crippen molar-refractivity contribution >= 4 is 34.0 Å². The molecule has 1 aliphatic heterocycles. The fraction of sp³-hybridized carbons (Fsp3) is 0.571. The molecule has 1 aromatic carbocycles. The molecular formula is C14H18FIN2. The molecule has 1 fully saturated rings. The smallest absolute Gasteiger partial charge is 0.138 e. The molecule has 0 aromatic heterocycles. The molecule has 0 radical (unpaired) electrons. The summed E-state index contributed by atoms with van der Waals surface area (Å²) in [5, 5.41) is 7.07. The van der Waals surface area contributed by atoms with Crippen molar-refractivity contribution in [1.29, 1.82) is 0 Å². The Bertz CT molecular complexity index is 455. The summed E-state index contributed by atoms with van der Waals surface area (Å²) < 4.78 is 14.4. The van der Waals surface area contributed by atoms with Crippen LogP contribution in [0.2, 0.25) is 0 Å². The van der Waals surface area contributed by atoms with Crippen LogP contribution in [0.3, 0.4) is 0 Å². The van der Waals surface area contributed by atoms with Crippen LogP contribution in [0.4, 0.5) is 15.8 Å². The van der Waals surface area contributed by atoms with Gasteiger partial charge in [-0.2, -0.15) is 0 Å². The number of hydrogen-bond acceptors (Lipinski definition) is 2. The van der Waals surface area contributed by atoms with Gasteiger partial charge in [-0.1, -0.05) is 19.3 Å². The minimum Gasteiger partial charge on any atom is -0.383 e. The molecule has 0 amide bonds. The molecule has 0 saturated heterocycles. The molecule has 0 unspecified atom stereocenters. The van der Waals surface area contributed by atoms with Crippen LogP contribution in [0.1, 0.15) is 38.5 Å². The van der Waals surface area contributed by atoms with Gasteiger partial charge in [-0.15, -0.1) is 0 Å². The Labute approximate surface area is 121 Å². The summed E-state index contributed by atoms with van der Waals surface area (Å²) >= 11 is 2.05. The van der Waals surface area contributed by atoms with Crippen molar-refractivity contribution < 1.29 is 4.39 Å². The highest BCUT2D eigenvalue weighted by molar-refractivity contribution is 14.1. The zero-order valence-corrected chi connectivity index (χ0v) is 12.5. The first-order valence-electron chi connectivity index (χ1n) is 6.70. The van der Waals surface area contributed by atoms with Gasteiger partial charge >= 0.3 is 0 Å². The average molecular weight is 360 g/mol. The highest BCUT2D eigenvalue weighted by Gasteiger charge is 2.33. The van der Waals surface area contributed by atoms with Gasteiger partial charge in [0.15, 0.2) is 0 Å². The van der Waals surface area contributed by atoms with Crippen molar-refractivity contribution in [2.24, 2.45) is 0 Å². The molecule has 98 valence electrons. The summed E-state index contributed by atoms with van der Waals surface area (Å²) in [5.41, 5.74) is 2.17. The lowest BCUT2D eigenvalue weighted by atomic mass is 9.79. The first kappa shape index (κ1) is 12.5. The Morgan fingerprint density at radius 3 is 2.61 bits per heavy atom. The van der Waals surface area contributed by atoms with Gasteiger partial charge in [0.2, 0.25) is 0 Å². The Hall–Kier alpha value is -0.520. The Morgan fingerprint density at radius 2 is 1.83 bits per heavy atom. The number of fused-ring (bicyclic) bond motifs is 1. The fourth-order valence-corrected chi connectivity index (χ4v) is 3.65. The molecule has 18 heavy (non-hydrogen) atoms. The van der Waals surface area contributed by atoms with Crippen LogP contribution in [0.15, 0.2) is 12.1 Å². The molecule has 0 bridgehead atoms. The minimum absolute atomic E-state index is 0.128. The first-order chi connectivity index (χ1) is 8.69. The SMILES string of the molecule is Fc1cc2c(cc1I)NCCC1(CCCCC1)N2. The van der Waals surface area contributed by atoms with Crippen LogP contribution < -0.4 is 10.6 Å². The Kier molecular flexibility index (Phi) is 3.38. The summed E-state index contributed by atoms with van der Waals surface area (Å²) in [6.45, 7) is 0.974. The second-order valence-electron chi connectivity index (χ2n) is 5.45. The van der Waals surface area contributed by atoms with Gasteiger partial charge in [-0.05, 0) is 47.9 Å². The summed E-state index contributed by atoms with van der Waals surface area (Å²) in [6, 6.07) is 3.55.